The first-order valence-corrected chi connectivity index (χ1v) is 14.3. The Morgan fingerprint density at radius 3 is 2.44 bits per heavy atom. The summed E-state index contributed by atoms with van der Waals surface area (Å²) in [5.41, 5.74) is 1.52. The van der Waals surface area contributed by atoms with Gasteiger partial charge in [-0.3, -0.25) is 9.59 Å². The van der Waals surface area contributed by atoms with Gasteiger partial charge in [-0.2, -0.15) is 18.4 Å². The highest BCUT2D eigenvalue weighted by molar-refractivity contribution is 7.90. The highest BCUT2D eigenvalue weighted by atomic mass is 32.2. The van der Waals surface area contributed by atoms with Gasteiger partial charge in [-0.05, 0) is 65.0 Å². The molecule has 0 radical (unpaired) electrons. The van der Waals surface area contributed by atoms with Crippen molar-refractivity contribution in [3.8, 4) is 6.07 Å². The van der Waals surface area contributed by atoms with Crippen molar-refractivity contribution in [2.45, 2.75) is 55.5 Å². The molecule has 1 aliphatic heterocycles. The van der Waals surface area contributed by atoms with Crippen molar-refractivity contribution in [3.63, 3.8) is 0 Å². The minimum Gasteiger partial charge on any atom is -0.612 e. The molecule has 2 heterocycles. The van der Waals surface area contributed by atoms with E-state index in [1.54, 1.807) is 18.2 Å². The lowest BCUT2D eigenvalue weighted by molar-refractivity contribution is -0.138. The Balaban J connectivity index is 1.32. The smallest absolute Gasteiger partial charge is 0.416 e. The number of alkyl halides is 3. The van der Waals surface area contributed by atoms with Crippen LogP contribution in [0.25, 0.3) is 0 Å². The molecule has 0 bridgehead atoms. The van der Waals surface area contributed by atoms with Crippen LogP contribution in [0.5, 0.6) is 0 Å². The van der Waals surface area contributed by atoms with E-state index in [1.807, 2.05) is 11.0 Å². The van der Waals surface area contributed by atoms with Gasteiger partial charge in [-0.25, -0.2) is 9.97 Å². The van der Waals surface area contributed by atoms with Crippen LogP contribution in [0.1, 0.15) is 47.6 Å². The maximum atomic E-state index is 13.4. The number of fused-ring (bicyclic) bond motifs is 1. The number of hydrogen-bond acceptors (Lipinski definition) is 7. The number of carbonyl (C=O) groups excluding carboxylic acids is 2. The zero-order chi connectivity index (χ0) is 29.3. The summed E-state index contributed by atoms with van der Waals surface area (Å²) in [6.07, 6.45) is 1.42. The van der Waals surface area contributed by atoms with Crippen molar-refractivity contribution in [2.24, 2.45) is 0 Å². The minimum absolute atomic E-state index is 0.106. The Hall–Kier alpha value is -4.15. The van der Waals surface area contributed by atoms with Gasteiger partial charge >= 0.3 is 6.18 Å². The van der Waals surface area contributed by atoms with E-state index in [0.717, 1.165) is 25.0 Å². The highest BCUT2D eigenvalue weighted by Crippen LogP contribution is 2.37. The van der Waals surface area contributed by atoms with Gasteiger partial charge < -0.3 is 19.7 Å². The zero-order valence-corrected chi connectivity index (χ0v) is 22.7. The van der Waals surface area contributed by atoms with E-state index in [9.17, 15) is 27.3 Å². The second-order valence-electron chi connectivity index (χ2n) is 9.89. The Labute approximate surface area is 237 Å². The Bertz CT molecular complexity index is 1490. The Kier molecular flexibility index (Phi) is 7.88. The molecule has 5 rings (SSSR count). The predicted octanol–water partition coefficient (Wildman–Crippen LogP) is 4.34. The van der Waals surface area contributed by atoms with Gasteiger partial charge in [0.25, 0.3) is 5.91 Å². The van der Waals surface area contributed by atoms with Crippen LogP contribution < -0.4 is 10.2 Å². The second-order valence-corrected chi connectivity index (χ2v) is 11.3. The molecule has 9 nitrogen and oxygen atoms in total. The van der Waals surface area contributed by atoms with Gasteiger partial charge in [0, 0.05) is 19.1 Å². The van der Waals surface area contributed by atoms with Crippen LogP contribution in [-0.2, 0) is 40.0 Å². The number of nitrogens with zero attached hydrogens (tertiary/aromatic N) is 5. The fourth-order valence-electron chi connectivity index (χ4n) is 4.78. The van der Waals surface area contributed by atoms with Crippen LogP contribution in [0.15, 0.2) is 59.8 Å². The average Bonchev–Trinajstić information content (AvgIpc) is 3.70. The lowest BCUT2D eigenvalue weighted by atomic mass is 10.0. The van der Waals surface area contributed by atoms with E-state index in [2.05, 4.69) is 15.3 Å². The van der Waals surface area contributed by atoms with E-state index in [4.69, 9.17) is 5.26 Å². The zero-order valence-electron chi connectivity index (χ0n) is 21.9. The SMILES string of the molecule is C[S+]([O-])c1ccc2c(c1)CN(C(=O)CC#N)C2C(=O)Nc1cnc(N(Cc2ccc(C(F)(F)F)cc2)C2CC2)nc1. The highest BCUT2D eigenvalue weighted by Gasteiger charge is 2.39. The van der Waals surface area contributed by atoms with E-state index in [-0.39, 0.29) is 18.3 Å². The molecule has 41 heavy (non-hydrogen) atoms. The monoisotopic (exact) mass is 582 g/mol. The molecule has 2 atom stereocenters. The fourth-order valence-corrected chi connectivity index (χ4v) is 5.35. The number of benzene rings is 2. The molecular weight excluding hydrogens is 557 g/mol. The molecular formula is C28H25F3N6O3S. The predicted molar refractivity (Wildman–Crippen MR) is 144 cm³/mol. The molecule has 2 aliphatic rings. The molecule has 1 aromatic heterocycles. The third-order valence-electron chi connectivity index (χ3n) is 6.98. The number of nitriles is 1. The molecule has 2 amide bonds. The molecule has 2 unspecified atom stereocenters. The molecule has 1 saturated carbocycles. The maximum Gasteiger partial charge on any atom is 0.416 e. The summed E-state index contributed by atoms with van der Waals surface area (Å²) in [6.45, 7) is 0.433. The largest absolute Gasteiger partial charge is 0.612 e. The van der Waals surface area contributed by atoms with E-state index >= 15 is 0 Å². The standard InChI is InChI=1S/C28H25F3N6O3S/c1-41(40)22-8-9-23-18(12-22)16-37(24(38)10-11-32)25(23)26(39)35-20-13-33-27(34-14-20)36(21-6-7-21)15-17-2-4-19(5-3-17)28(29,30)31/h2-5,8-9,12-14,21,25H,6-7,10,15-16H2,1H3,(H,35,39). The molecule has 1 fully saturated rings. The maximum absolute atomic E-state index is 13.4. The number of rotatable bonds is 8. The summed E-state index contributed by atoms with van der Waals surface area (Å²) in [5, 5.41) is 11.8. The summed E-state index contributed by atoms with van der Waals surface area (Å²) < 4.78 is 50.7. The van der Waals surface area contributed by atoms with Crippen molar-refractivity contribution >= 4 is 34.6 Å². The minimum atomic E-state index is -4.41. The van der Waals surface area contributed by atoms with E-state index < -0.39 is 47.2 Å². The van der Waals surface area contributed by atoms with Gasteiger partial charge in [-0.15, -0.1) is 0 Å². The van der Waals surface area contributed by atoms with Gasteiger partial charge in [0.15, 0.2) is 4.90 Å². The first-order chi connectivity index (χ1) is 19.5. The molecule has 1 N–H and O–H groups in total. The molecule has 3 aromatic rings. The molecule has 0 spiro atoms. The van der Waals surface area contributed by atoms with Crippen molar-refractivity contribution < 1.29 is 27.3 Å². The third kappa shape index (κ3) is 6.28. The molecule has 1 aliphatic carbocycles. The van der Waals surface area contributed by atoms with Gasteiger partial charge in [0.1, 0.15) is 18.7 Å². The number of aromatic nitrogens is 2. The number of anilines is 2. The number of halogens is 3. The van der Waals surface area contributed by atoms with Crippen molar-refractivity contribution in [3.05, 3.63) is 77.1 Å². The first-order valence-electron chi connectivity index (χ1n) is 12.7. The number of nitrogens with one attached hydrogen (secondary N) is 1. The van der Waals surface area contributed by atoms with E-state index in [1.165, 1.54) is 35.7 Å². The third-order valence-corrected chi connectivity index (χ3v) is 7.89. The summed E-state index contributed by atoms with van der Waals surface area (Å²) >= 11 is -1.25. The van der Waals surface area contributed by atoms with Crippen LogP contribution in [0.4, 0.5) is 24.8 Å². The van der Waals surface area contributed by atoms with Crippen molar-refractivity contribution in [1.29, 1.82) is 5.26 Å². The van der Waals surface area contributed by atoms with Crippen LogP contribution in [-0.4, -0.2) is 43.5 Å². The molecule has 212 valence electrons. The normalized spacial score (nSPS) is 17.0. The van der Waals surface area contributed by atoms with Crippen LogP contribution in [0.2, 0.25) is 0 Å². The molecule has 0 saturated heterocycles. The summed E-state index contributed by atoms with van der Waals surface area (Å²) in [7, 11) is 0. The molecule has 13 heteroatoms. The first kappa shape index (κ1) is 28.4. The molecule has 2 aromatic carbocycles. The number of hydrogen-bond donors (Lipinski definition) is 1. The fraction of sp³-hybridized carbons (Fsp3) is 0.321. The van der Waals surface area contributed by atoms with Crippen molar-refractivity contribution in [2.75, 3.05) is 16.5 Å². The lowest BCUT2D eigenvalue weighted by Crippen LogP contribution is -2.36. The average molecular weight is 583 g/mol. The van der Waals surface area contributed by atoms with Crippen LogP contribution >= 0.6 is 0 Å². The van der Waals surface area contributed by atoms with Gasteiger partial charge in [0.2, 0.25) is 11.9 Å². The van der Waals surface area contributed by atoms with Crippen LogP contribution in [0, 0.1) is 11.3 Å². The summed E-state index contributed by atoms with van der Waals surface area (Å²) in [4.78, 5) is 38.7. The quantitative estimate of drug-likeness (QED) is 0.392. The summed E-state index contributed by atoms with van der Waals surface area (Å²) in [5.74, 6) is -0.638. The van der Waals surface area contributed by atoms with Crippen LogP contribution in [0.3, 0.4) is 0 Å². The lowest BCUT2D eigenvalue weighted by Gasteiger charge is -2.24. The Morgan fingerprint density at radius 2 is 1.85 bits per heavy atom. The topological polar surface area (TPSA) is 125 Å². The van der Waals surface area contributed by atoms with E-state index in [0.29, 0.717) is 34.1 Å². The number of carbonyl (C=O) groups is 2. The number of amides is 2. The Morgan fingerprint density at radius 1 is 1.17 bits per heavy atom. The van der Waals surface area contributed by atoms with Crippen molar-refractivity contribution in [1.82, 2.24) is 14.9 Å². The van der Waals surface area contributed by atoms with Gasteiger partial charge in [-0.1, -0.05) is 18.2 Å². The second kappa shape index (κ2) is 11.4. The summed E-state index contributed by atoms with van der Waals surface area (Å²) in [6, 6.07) is 11.0. The van der Waals surface area contributed by atoms with Gasteiger partial charge in [0.05, 0.1) is 29.7 Å².